The van der Waals surface area contributed by atoms with Gasteiger partial charge in [0.25, 0.3) is 0 Å². The van der Waals surface area contributed by atoms with Crippen molar-refractivity contribution in [2.24, 2.45) is 5.73 Å². The van der Waals surface area contributed by atoms with E-state index in [-0.39, 0.29) is 0 Å². The van der Waals surface area contributed by atoms with Crippen LogP contribution in [0.3, 0.4) is 0 Å². The Hall–Kier alpha value is -1.71. The van der Waals surface area contributed by atoms with Crippen molar-refractivity contribution in [3.05, 3.63) is 58.6 Å². The van der Waals surface area contributed by atoms with Gasteiger partial charge in [0.05, 0.1) is 0 Å². The van der Waals surface area contributed by atoms with Crippen LogP contribution >= 0.6 is 11.6 Å². The number of nitrogens with two attached hydrogens (primary N) is 1. The minimum absolute atomic E-state index is 0.397. The summed E-state index contributed by atoms with van der Waals surface area (Å²) >= 11 is 5.92. The summed E-state index contributed by atoms with van der Waals surface area (Å²) in [6, 6.07) is 13.3. The first-order valence-electron chi connectivity index (χ1n) is 6.50. The van der Waals surface area contributed by atoms with Crippen molar-refractivity contribution in [1.82, 2.24) is 0 Å². The van der Waals surface area contributed by atoms with Crippen molar-refractivity contribution >= 4 is 11.6 Å². The number of para-hydroxylation sites is 1. The van der Waals surface area contributed by atoms with Crippen LogP contribution in [0, 0.1) is 6.92 Å². The van der Waals surface area contributed by atoms with Gasteiger partial charge in [-0.05, 0) is 36.8 Å². The molecule has 0 fully saturated rings. The Bertz CT molecular complexity index is 572. The van der Waals surface area contributed by atoms with Crippen molar-refractivity contribution in [2.45, 2.75) is 13.5 Å². The van der Waals surface area contributed by atoms with Crippen LogP contribution in [0.5, 0.6) is 11.5 Å². The minimum Gasteiger partial charge on any atom is -0.490 e. The van der Waals surface area contributed by atoms with E-state index in [2.05, 4.69) is 0 Å². The van der Waals surface area contributed by atoms with Crippen LogP contribution in [0.4, 0.5) is 0 Å². The smallest absolute Gasteiger partial charge is 0.124 e. The van der Waals surface area contributed by atoms with Gasteiger partial charge in [0, 0.05) is 17.1 Å². The van der Waals surface area contributed by atoms with Crippen molar-refractivity contribution in [3.8, 4) is 11.5 Å². The van der Waals surface area contributed by atoms with Gasteiger partial charge < -0.3 is 15.2 Å². The molecule has 0 bridgehead atoms. The molecular formula is C16H18ClNO2. The molecule has 0 saturated carbocycles. The van der Waals surface area contributed by atoms with E-state index in [1.54, 1.807) is 6.07 Å². The lowest BCUT2D eigenvalue weighted by Gasteiger charge is -2.12. The summed E-state index contributed by atoms with van der Waals surface area (Å²) in [5.41, 5.74) is 7.67. The number of halogens is 1. The molecular weight excluding hydrogens is 274 g/mol. The highest BCUT2D eigenvalue weighted by atomic mass is 35.5. The average molecular weight is 292 g/mol. The third-order valence-electron chi connectivity index (χ3n) is 2.93. The van der Waals surface area contributed by atoms with Crippen LogP contribution < -0.4 is 15.2 Å². The molecule has 0 heterocycles. The average Bonchev–Trinajstić information content (AvgIpc) is 2.46. The van der Waals surface area contributed by atoms with Gasteiger partial charge in [0.2, 0.25) is 0 Å². The van der Waals surface area contributed by atoms with E-state index in [1.165, 1.54) is 0 Å². The molecule has 0 atom stereocenters. The molecule has 0 saturated heterocycles. The SMILES string of the molecule is Cc1ccccc1OCCOc1ccc(Cl)cc1CN. The van der Waals surface area contributed by atoms with E-state index >= 15 is 0 Å². The van der Waals surface area contributed by atoms with Crippen LogP contribution in [0.2, 0.25) is 5.02 Å². The number of rotatable bonds is 6. The zero-order valence-electron chi connectivity index (χ0n) is 11.4. The highest BCUT2D eigenvalue weighted by Crippen LogP contribution is 2.22. The number of hydrogen-bond donors (Lipinski definition) is 1. The normalized spacial score (nSPS) is 10.3. The quantitative estimate of drug-likeness (QED) is 0.828. The highest BCUT2D eigenvalue weighted by Gasteiger charge is 2.04. The molecule has 2 rings (SSSR count). The monoisotopic (exact) mass is 291 g/mol. The van der Waals surface area contributed by atoms with Gasteiger partial charge in [0.1, 0.15) is 24.7 Å². The fourth-order valence-corrected chi connectivity index (χ4v) is 2.06. The highest BCUT2D eigenvalue weighted by molar-refractivity contribution is 6.30. The summed E-state index contributed by atoms with van der Waals surface area (Å²) in [7, 11) is 0. The zero-order valence-corrected chi connectivity index (χ0v) is 12.2. The number of benzene rings is 2. The fraction of sp³-hybridized carbons (Fsp3) is 0.250. The lowest BCUT2D eigenvalue weighted by atomic mass is 10.2. The first-order valence-corrected chi connectivity index (χ1v) is 6.88. The lowest BCUT2D eigenvalue weighted by Crippen LogP contribution is -2.11. The third-order valence-corrected chi connectivity index (χ3v) is 3.17. The molecule has 20 heavy (non-hydrogen) atoms. The van der Waals surface area contributed by atoms with Gasteiger partial charge in [-0.25, -0.2) is 0 Å². The van der Waals surface area contributed by atoms with Crippen LogP contribution in [0.1, 0.15) is 11.1 Å². The van der Waals surface area contributed by atoms with Crippen molar-refractivity contribution < 1.29 is 9.47 Å². The molecule has 2 aromatic rings. The van der Waals surface area contributed by atoms with Gasteiger partial charge in [-0.15, -0.1) is 0 Å². The predicted octanol–water partition coefficient (Wildman–Crippen LogP) is 3.56. The molecule has 0 spiro atoms. The topological polar surface area (TPSA) is 44.5 Å². The summed E-state index contributed by atoms with van der Waals surface area (Å²) < 4.78 is 11.4. The second kappa shape index (κ2) is 7.17. The second-order valence-electron chi connectivity index (χ2n) is 4.42. The van der Waals surface area contributed by atoms with Crippen LogP contribution in [0.25, 0.3) is 0 Å². The van der Waals surface area contributed by atoms with E-state index in [4.69, 9.17) is 26.8 Å². The summed E-state index contributed by atoms with van der Waals surface area (Å²) in [4.78, 5) is 0. The summed E-state index contributed by atoms with van der Waals surface area (Å²) in [5.74, 6) is 1.64. The Morgan fingerprint density at radius 2 is 1.70 bits per heavy atom. The molecule has 106 valence electrons. The predicted molar refractivity (Wildman–Crippen MR) is 81.5 cm³/mol. The number of hydrogen-bond acceptors (Lipinski definition) is 3. The van der Waals surface area contributed by atoms with Crippen LogP contribution in [0.15, 0.2) is 42.5 Å². The van der Waals surface area contributed by atoms with Gasteiger partial charge in [-0.3, -0.25) is 0 Å². The van der Waals surface area contributed by atoms with Crippen LogP contribution in [-0.2, 0) is 6.54 Å². The molecule has 2 N–H and O–H groups in total. The van der Waals surface area contributed by atoms with Crippen molar-refractivity contribution in [3.63, 3.8) is 0 Å². The van der Waals surface area contributed by atoms with Gasteiger partial charge >= 0.3 is 0 Å². The Kier molecular flexibility index (Phi) is 5.27. The van der Waals surface area contributed by atoms with Gasteiger partial charge in [0.15, 0.2) is 0 Å². The fourth-order valence-electron chi connectivity index (χ4n) is 1.87. The Morgan fingerprint density at radius 1 is 1.00 bits per heavy atom. The Balaban J connectivity index is 1.86. The molecule has 0 unspecified atom stereocenters. The van der Waals surface area contributed by atoms with E-state index in [0.29, 0.717) is 24.8 Å². The maximum absolute atomic E-state index is 5.92. The molecule has 0 aliphatic rings. The molecule has 3 nitrogen and oxygen atoms in total. The zero-order chi connectivity index (χ0) is 14.4. The van der Waals surface area contributed by atoms with Crippen molar-refractivity contribution in [1.29, 1.82) is 0 Å². The molecule has 0 aromatic heterocycles. The number of ether oxygens (including phenoxy) is 2. The summed E-state index contributed by atoms with van der Waals surface area (Å²) in [6.45, 7) is 3.36. The first-order chi connectivity index (χ1) is 9.70. The van der Waals surface area contributed by atoms with E-state index in [0.717, 1.165) is 22.6 Å². The standard InChI is InChI=1S/C16H18ClNO2/c1-12-4-2-3-5-15(12)19-8-9-20-16-7-6-14(17)10-13(16)11-18/h2-7,10H,8-9,11,18H2,1H3. The van der Waals surface area contributed by atoms with Gasteiger partial charge in [-0.1, -0.05) is 29.8 Å². The second-order valence-corrected chi connectivity index (χ2v) is 4.86. The van der Waals surface area contributed by atoms with Gasteiger partial charge in [-0.2, -0.15) is 0 Å². The molecule has 0 amide bonds. The van der Waals surface area contributed by atoms with E-state index < -0.39 is 0 Å². The Labute approximate surface area is 124 Å². The molecule has 0 aliphatic carbocycles. The van der Waals surface area contributed by atoms with Crippen molar-refractivity contribution in [2.75, 3.05) is 13.2 Å². The van der Waals surface area contributed by atoms with E-state index in [9.17, 15) is 0 Å². The maximum Gasteiger partial charge on any atom is 0.124 e. The molecule has 2 aromatic carbocycles. The minimum atomic E-state index is 0.397. The summed E-state index contributed by atoms with van der Waals surface area (Å²) in [5, 5.41) is 0.661. The molecule has 4 heteroatoms. The van der Waals surface area contributed by atoms with Crippen LogP contribution in [-0.4, -0.2) is 13.2 Å². The Morgan fingerprint density at radius 3 is 2.40 bits per heavy atom. The molecule has 0 radical (unpaired) electrons. The largest absolute Gasteiger partial charge is 0.490 e. The maximum atomic E-state index is 5.92. The molecule has 0 aliphatic heterocycles. The van der Waals surface area contributed by atoms with E-state index in [1.807, 2.05) is 43.3 Å². The first kappa shape index (κ1) is 14.7. The number of aryl methyl sites for hydroxylation is 1. The third kappa shape index (κ3) is 3.89. The lowest BCUT2D eigenvalue weighted by molar-refractivity contribution is 0.215. The summed E-state index contributed by atoms with van der Waals surface area (Å²) in [6.07, 6.45) is 0.